The molecule has 1 N–H and O–H groups in total. The van der Waals surface area contributed by atoms with Crippen molar-refractivity contribution in [1.29, 1.82) is 0 Å². The molecule has 1 aliphatic rings. The van der Waals surface area contributed by atoms with Crippen LogP contribution in [0.4, 0.5) is 0 Å². The van der Waals surface area contributed by atoms with E-state index >= 15 is 0 Å². The van der Waals surface area contributed by atoms with Crippen LogP contribution in [0.3, 0.4) is 0 Å². The molecule has 100 valence electrons. The number of aliphatic carboxylic acids is 1. The Morgan fingerprint density at radius 3 is 2.21 bits per heavy atom. The van der Waals surface area contributed by atoms with Gasteiger partial charge in [-0.25, -0.2) is 4.79 Å². The maximum Gasteiger partial charge on any atom is 1.00 e. The first-order valence-corrected chi connectivity index (χ1v) is 6.39. The summed E-state index contributed by atoms with van der Waals surface area (Å²) in [6, 6.07) is 9.87. The number of benzene rings is 1. The third-order valence-corrected chi connectivity index (χ3v) is 2.84. The van der Waals surface area contributed by atoms with Crippen LogP contribution < -0.4 is 18.9 Å². The second-order valence-electron chi connectivity index (χ2n) is 4.45. The molecular formula is C15H21LiO3. The van der Waals surface area contributed by atoms with Gasteiger partial charge in [0.05, 0.1) is 6.10 Å². The van der Waals surface area contributed by atoms with Gasteiger partial charge in [-0.1, -0.05) is 25.3 Å². The van der Waals surface area contributed by atoms with Crippen LogP contribution in [-0.2, 0) is 9.53 Å². The minimum atomic E-state index is -0.865. The summed E-state index contributed by atoms with van der Waals surface area (Å²) in [7, 11) is 0. The maximum atomic E-state index is 10.1. The third-order valence-electron chi connectivity index (χ3n) is 2.84. The summed E-state index contributed by atoms with van der Waals surface area (Å²) in [6.45, 7) is 3.59. The van der Waals surface area contributed by atoms with Crippen molar-refractivity contribution in [3.63, 3.8) is 0 Å². The van der Waals surface area contributed by atoms with Crippen molar-refractivity contribution in [1.82, 2.24) is 0 Å². The molecule has 4 heteroatoms. The van der Waals surface area contributed by atoms with Crippen molar-refractivity contribution >= 4 is 5.97 Å². The molecule has 1 aromatic carbocycles. The quantitative estimate of drug-likeness (QED) is 0.624. The molecule has 0 spiro atoms. The fourth-order valence-corrected chi connectivity index (χ4v) is 1.90. The van der Waals surface area contributed by atoms with Crippen molar-refractivity contribution in [2.45, 2.75) is 38.2 Å². The first-order chi connectivity index (χ1) is 8.68. The summed E-state index contributed by atoms with van der Waals surface area (Å²) in [5.74, 6) is -0.865. The molecule has 1 saturated carbocycles. The Morgan fingerprint density at radius 1 is 1.21 bits per heavy atom. The topological polar surface area (TPSA) is 46.5 Å². The number of rotatable bonds is 3. The summed E-state index contributed by atoms with van der Waals surface area (Å²) in [5, 5.41) is 8.32. The molecule has 0 aliphatic heterocycles. The summed E-state index contributed by atoms with van der Waals surface area (Å²) < 4.78 is 5.14. The number of carbonyl (C=O) groups is 1. The van der Waals surface area contributed by atoms with Crippen LogP contribution in [0.5, 0.6) is 0 Å². The van der Waals surface area contributed by atoms with Crippen LogP contribution in [0.2, 0.25) is 0 Å². The van der Waals surface area contributed by atoms with Crippen LogP contribution in [0.15, 0.2) is 30.3 Å². The number of carboxylic acid groups (broad SMARTS) is 1. The Bertz CT molecular complexity index is 335. The first kappa shape index (κ1) is 18.1. The standard InChI is InChI=1S/C8H14O3.C7H7.Li/c9-8(10)6-11-7-4-2-1-3-5-7;1-7-5-3-2-4-6-7;/h7H,1-6H2,(H,9,10);2-6H,1H2;/q;-1;+1. The van der Waals surface area contributed by atoms with Gasteiger partial charge in [0, 0.05) is 0 Å². The van der Waals surface area contributed by atoms with E-state index in [2.05, 4.69) is 6.92 Å². The zero-order valence-electron chi connectivity index (χ0n) is 11.7. The van der Waals surface area contributed by atoms with Crippen molar-refractivity contribution in [3.8, 4) is 0 Å². The number of carboxylic acids is 1. The van der Waals surface area contributed by atoms with Crippen LogP contribution >= 0.6 is 0 Å². The van der Waals surface area contributed by atoms with E-state index in [4.69, 9.17) is 9.84 Å². The van der Waals surface area contributed by atoms with Crippen molar-refractivity contribution in [2.75, 3.05) is 6.61 Å². The summed E-state index contributed by atoms with van der Waals surface area (Å²) in [5.41, 5.74) is 1.07. The fraction of sp³-hybridized carbons (Fsp3) is 0.467. The molecule has 1 aliphatic carbocycles. The number of hydrogen-bond donors (Lipinski definition) is 1. The van der Waals surface area contributed by atoms with E-state index in [9.17, 15) is 4.79 Å². The molecule has 3 nitrogen and oxygen atoms in total. The summed E-state index contributed by atoms with van der Waals surface area (Å²) in [6.07, 6.45) is 5.92. The van der Waals surface area contributed by atoms with Crippen molar-refractivity contribution in [2.24, 2.45) is 0 Å². The van der Waals surface area contributed by atoms with E-state index in [1.165, 1.54) is 19.3 Å². The molecule has 0 aromatic heterocycles. The summed E-state index contributed by atoms with van der Waals surface area (Å²) in [4.78, 5) is 10.1. The van der Waals surface area contributed by atoms with Gasteiger partial charge in [-0.05, 0) is 12.8 Å². The van der Waals surface area contributed by atoms with Gasteiger partial charge in [0.1, 0.15) is 6.61 Å². The average Bonchev–Trinajstić information content (AvgIpc) is 2.39. The van der Waals surface area contributed by atoms with Gasteiger partial charge >= 0.3 is 24.8 Å². The van der Waals surface area contributed by atoms with Crippen LogP contribution in [0.25, 0.3) is 0 Å². The van der Waals surface area contributed by atoms with Crippen LogP contribution in [0.1, 0.15) is 37.7 Å². The largest absolute Gasteiger partial charge is 1.00 e. The van der Waals surface area contributed by atoms with Gasteiger partial charge in [-0.2, -0.15) is 24.6 Å². The SMILES string of the molecule is O=C(O)COC1CCCCC1.[CH2-]c1ccccc1.[Li+]. The predicted molar refractivity (Wildman–Crippen MR) is 71.4 cm³/mol. The van der Waals surface area contributed by atoms with Crippen molar-refractivity contribution < 1.29 is 33.5 Å². The second kappa shape index (κ2) is 11.0. The van der Waals surface area contributed by atoms with Gasteiger partial charge in [0.15, 0.2) is 0 Å². The van der Waals surface area contributed by atoms with E-state index in [-0.39, 0.29) is 31.6 Å². The smallest absolute Gasteiger partial charge is 0.480 e. The molecule has 0 amide bonds. The zero-order valence-corrected chi connectivity index (χ0v) is 11.7. The molecule has 0 radical (unpaired) electrons. The summed E-state index contributed by atoms with van der Waals surface area (Å²) >= 11 is 0. The minimum Gasteiger partial charge on any atom is -0.480 e. The molecular weight excluding hydrogens is 235 g/mol. The Morgan fingerprint density at radius 2 is 1.79 bits per heavy atom. The average molecular weight is 256 g/mol. The Hall–Kier alpha value is -0.883. The molecule has 2 rings (SSSR count). The van der Waals surface area contributed by atoms with Crippen LogP contribution in [-0.4, -0.2) is 23.8 Å². The van der Waals surface area contributed by atoms with Gasteiger partial charge in [0.25, 0.3) is 0 Å². The second-order valence-corrected chi connectivity index (χ2v) is 4.45. The minimum absolute atomic E-state index is 0. The van der Waals surface area contributed by atoms with E-state index in [1.807, 2.05) is 30.3 Å². The third kappa shape index (κ3) is 9.67. The molecule has 0 saturated heterocycles. The van der Waals surface area contributed by atoms with Gasteiger partial charge in [-0.3, -0.25) is 0 Å². The van der Waals surface area contributed by atoms with E-state index in [0.717, 1.165) is 18.4 Å². The molecule has 0 atom stereocenters. The number of hydrogen-bond acceptors (Lipinski definition) is 2. The molecule has 0 bridgehead atoms. The Labute approximate surface area is 127 Å². The zero-order chi connectivity index (χ0) is 13.2. The fourth-order valence-electron chi connectivity index (χ4n) is 1.90. The van der Waals surface area contributed by atoms with Crippen LogP contribution in [0, 0.1) is 6.92 Å². The van der Waals surface area contributed by atoms with Gasteiger partial charge in [-0.15, -0.1) is 12.1 Å². The van der Waals surface area contributed by atoms with Gasteiger partial charge in [0.2, 0.25) is 0 Å². The van der Waals surface area contributed by atoms with E-state index in [1.54, 1.807) is 0 Å². The van der Waals surface area contributed by atoms with E-state index < -0.39 is 5.97 Å². The Kier molecular flexibility index (Phi) is 10.5. The van der Waals surface area contributed by atoms with E-state index in [0.29, 0.717) is 0 Å². The molecule has 1 aromatic rings. The maximum absolute atomic E-state index is 10.1. The first-order valence-electron chi connectivity index (χ1n) is 6.39. The molecule has 1 fully saturated rings. The predicted octanol–water partition coefficient (Wildman–Crippen LogP) is 0.293. The molecule has 19 heavy (non-hydrogen) atoms. The number of ether oxygens (including phenoxy) is 1. The van der Waals surface area contributed by atoms with Crippen molar-refractivity contribution in [3.05, 3.63) is 42.8 Å². The monoisotopic (exact) mass is 256 g/mol. The molecule has 0 unspecified atom stereocenters. The molecule has 0 heterocycles. The van der Waals surface area contributed by atoms with Gasteiger partial charge < -0.3 is 9.84 Å². The Balaban J connectivity index is 0.000000352. The normalized spacial score (nSPS) is 14.7.